The number of urea groups is 1. The zero-order valence-corrected chi connectivity index (χ0v) is 11.4. The van der Waals surface area contributed by atoms with E-state index in [2.05, 4.69) is 5.32 Å². The Hall–Kier alpha value is -1.30. The van der Waals surface area contributed by atoms with E-state index in [4.69, 9.17) is 4.74 Å². The highest BCUT2D eigenvalue weighted by atomic mass is 16.5. The van der Waals surface area contributed by atoms with Crippen LogP contribution in [0.5, 0.6) is 0 Å². The molecule has 1 rings (SSSR count). The number of carboxylic acid groups (broad SMARTS) is 1. The molecule has 2 N–H and O–H groups in total. The first-order valence-corrected chi connectivity index (χ1v) is 6.07. The molecule has 1 atom stereocenters. The van der Waals surface area contributed by atoms with Crippen molar-refractivity contribution in [3.63, 3.8) is 0 Å². The average Bonchev–Trinajstić information content (AvgIpc) is 2.70. The number of rotatable bonds is 4. The maximum Gasteiger partial charge on any atom is 0.329 e. The van der Waals surface area contributed by atoms with Gasteiger partial charge in [0.25, 0.3) is 0 Å². The minimum atomic E-state index is -1.10. The van der Waals surface area contributed by atoms with Crippen molar-refractivity contribution in [2.45, 2.75) is 44.8 Å². The molecular formula is C12H22N2O4. The van der Waals surface area contributed by atoms with E-state index < -0.39 is 17.1 Å². The van der Waals surface area contributed by atoms with Crippen LogP contribution in [0.2, 0.25) is 0 Å². The third-order valence-electron chi connectivity index (χ3n) is 3.56. The van der Waals surface area contributed by atoms with E-state index in [1.165, 1.54) is 4.90 Å². The van der Waals surface area contributed by atoms with Crippen LogP contribution in [0.15, 0.2) is 0 Å². The minimum absolute atomic E-state index is 0.342. The number of nitrogens with one attached hydrogen (secondary N) is 1. The van der Waals surface area contributed by atoms with Crippen molar-refractivity contribution in [1.29, 1.82) is 0 Å². The normalized spacial score (nSPS) is 24.1. The fourth-order valence-electron chi connectivity index (χ4n) is 1.97. The van der Waals surface area contributed by atoms with E-state index in [9.17, 15) is 14.7 Å². The van der Waals surface area contributed by atoms with Gasteiger partial charge in [-0.05, 0) is 33.6 Å². The Labute approximate surface area is 107 Å². The summed E-state index contributed by atoms with van der Waals surface area (Å²) >= 11 is 0. The molecule has 0 aromatic rings. The predicted octanol–water partition coefficient (Wildman–Crippen LogP) is 1.06. The molecule has 18 heavy (non-hydrogen) atoms. The predicted molar refractivity (Wildman–Crippen MR) is 66.5 cm³/mol. The zero-order valence-electron chi connectivity index (χ0n) is 11.4. The van der Waals surface area contributed by atoms with Gasteiger partial charge in [-0.3, -0.25) is 0 Å². The number of ether oxygens (including phenoxy) is 1. The molecule has 6 nitrogen and oxygen atoms in total. The van der Waals surface area contributed by atoms with Gasteiger partial charge in [0.05, 0.1) is 5.60 Å². The first-order chi connectivity index (χ1) is 8.23. The molecule has 6 heteroatoms. The average molecular weight is 258 g/mol. The number of hydrogen-bond acceptors (Lipinski definition) is 3. The number of carbonyl (C=O) groups excluding carboxylic acids is 1. The summed E-state index contributed by atoms with van der Waals surface area (Å²) in [4.78, 5) is 24.7. The highest BCUT2D eigenvalue weighted by Crippen LogP contribution is 2.29. The highest BCUT2D eigenvalue weighted by molar-refractivity contribution is 5.86. The van der Waals surface area contributed by atoms with Crippen LogP contribution in [0.1, 0.15) is 33.6 Å². The van der Waals surface area contributed by atoms with Crippen molar-refractivity contribution in [2.75, 3.05) is 20.2 Å². The molecular weight excluding hydrogens is 236 g/mol. The summed E-state index contributed by atoms with van der Waals surface area (Å²) in [5, 5.41) is 11.9. The van der Waals surface area contributed by atoms with Gasteiger partial charge >= 0.3 is 12.0 Å². The van der Waals surface area contributed by atoms with E-state index in [0.29, 0.717) is 25.9 Å². The van der Waals surface area contributed by atoms with Gasteiger partial charge in [-0.25, -0.2) is 9.59 Å². The van der Waals surface area contributed by atoms with Crippen molar-refractivity contribution < 1.29 is 19.4 Å². The first-order valence-electron chi connectivity index (χ1n) is 6.07. The SMILES string of the molecule is COC(C)(C)CNC(=O)N1CCCC1(C)C(=O)O. The maximum atomic E-state index is 12.0. The molecule has 1 fully saturated rings. The molecule has 2 amide bonds. The van der Waals surface area contributed by atoms with Gasteiger partial charge in [0.2, 0.25) is 0 Å². The Morgan fingerprint density at radius 3 is 2.61 bits per heavy atom. The summed E-state index contributed by atoms with van der Waals surface area (Å²) in [6, 6.07) is -0.345. The second-order valence-electron chi connectivity index (χ2n) is 5.46. The van der Waals surface area contributed by atoms with Crippen molar-refractivity contribution in [2.24, 2.45) is 0 Å². The molecule has 0 aromatic heterocycles. The summed E-state index contributed by atoms with van der Waals surface area (Å²) in [5.74, 6) is -0.957. The van der Waals surface area contributed by atoms with Crippen LogP contribution in [-0.4, -0.2) is 53.3 Å². The molecule has 1 aliphatic heterocycles. The summed E-state index contributed by atoms with van der Waals surface area (Å²) in [7, 11) is 1.57. The van der Waals surface area contributed by atoms with E-state index in [-0.39, 0.29) is 6.03 Å². The highest BCUT2D eigenvalue weighted by Gasteiger charge is 2.46. The van der Waals surface area contributed by atoms with Gasteiger partial charge in [-0.2, -0.15) is 0 Å². The third-order valence-corrected chi connectivity index (χ3v) is 3.56. The number of carbonyl (C=O) groups is 2. The fourth-order valence-corrected chi connectivity index (χ4v) is 1.97. The number of amides is 2. The molecule has 0 radical (unpaired) electrons. The molecule has 1 heterocycles. The molecule has 1 unspecified atom stereocenters. The molecule has 104 valence electrons. The van der Waals surface area contributed by atoms with Crippen LogP contribution < -0.4 is 5.32 Å². The van der Waals surface area contributed by atoms with Gasteiger partial charge in [-0.15, -0.1) is 0 Å². The van der Waals surface area contributed by atoms with Crippen molar-refractivity contribution >= 4 is 12.0 Å². The Bertz CT molecular complexity index is 343. The number of aliphatic carboxylic acids is 1. The largest absolute Gasteiger partial charge is 0.480 e. The molecule has 0 saturated carbocycles. The molecule has 0 spiro atoms. The van der Waals surface area contributed by atoms with Crippen LogP contribution >= 0.6 is 0 Å². The van der Waals surface area contributed by atoms with Crippen LogP contribution in [0.3, 0.4) is 0 Å². The lowest BCUT2D eigenvalue weighted by molar-refractivity contribution is -0.147. The number of hydrogen-bond donors (Lipinski definition) is 2. The third kappa shape index (κ3) is 2.93. The molecule has 0 aliphatic carbocycles. The lowest BCUT2D eigenvalue weighted by Crippen LogP contribution is -2.55. The lowest BCUT2D eigenvalue weighted by atomic mass is 10.00. The first kappa shape index (κ1) is 14.8. The summed E-state index contributed by atoms with van der Waals surface area (Å²) in [6.07, 6.45) is 1.20. The second kappa shape index (κ2) is 5.14. The van der Waals surface area contributed by atoms with Gasteiger partial charge < -0.3 is 20.1 Å². The summed E-state index contributed by atoms with van der Waals surface area (Å²) in [6.45, 7) is 6.11. The van der Waals surface area contributed by atoms with E-state index in [0.717, 1.165) is 0 Å². The number of methoxy groups -OCH3 is 1. The zero-order chi connectivity index (χ0) is 14.0. The van der Waals surface area contributed by atoms with Crippen LogP contribution in [0, 0.1) is 0 Å². The van der Waals surface area contributed by atoms with Crippen LogP contribution in [-0.2, 0) is 9.53 Å². The van der Waals surface area contributed by atoms with Crippen LogP contribution in [0.4, 0.5) is 4.79 Å². The number of carboxylic acids is 1. The molecule has 0 aromatic carbocycles. The smallest absolute Gasteiger partial charge is 0.329 e. The maximum absolute atomic E-state index is 12.0. The Balaban J connectivity index is 2.65. The Kier molecular flexibility index (Phi) is 4.21. The van der Waals surface area contributed by atoms with Gasteiger partial charge in [0.15, 0.2) is 0 Å². The minimum Gasteiger partial charge on any atom is -0.480 e. The molecule has 1 saturated heterocycles. The van der Waals surface area contributed by atoms with Gasteiger partial charge in [0, 0.05) is 20.2 Å². The Morgan fingerprint density at radius 1 is 1.50 bits per heavy atom. The quantitative estimate of drug-likeness (QED) is 0.790. The number of likely N-dealkylation sites (tertiary alicyclic amines) is 1. The summed E-state index contributed by atoms with van der Waals surface area (Å²) < 4.78 is 5.20. The van der Waals surface area contributed by atoms with Crippen LogP contribution in [0.25, 0.3) is 0 Å². The van der Waals surface area contributed by atoms with Gasteiger partial charge in [0.1, 0.15) is 5.54 Å². The lowest BCUT2D eigenvalue weighted by Gasteiger charge is -2.32. The molecule has 0 bridgehead atoms. The number of nitrogens with zero attached hydrogens (tertiary/aromatic N) is 1. The summed E-state index contributed by atoms with van der Waals surface area (Å²) in [5.41, 5.74) is -1.56. The Morgan fingerprint density at radius 2 is 2.11 bits per heavy atom. The fraction of sp³-hybridized carbons (Fsp3) is 0.833. The second-order valence-corrected chi connectivity index (χ2v) is 5.46. The van der Waals surface area contributed by atoms with Crippen molar-refractivity contribution in [3.05, 3.63) is 0 Å². The van der Waals surface area contributed by atoms with Crippen molar-refractivity contribution in [1.82, 2.24) is 10.2 Å². The standard InChI is InChI=1S/C12H22N2O4/c1-11(2,18-4)8-13-10(17)14-7-5-6-12(14,3)9(15)16/h5-8H2,1-4H3,(H,13,17)(H,15,16). The topological polar surface area (TPSA) is 78.9 Å². The van der Waals surface area contributed by atoms with E-state index in [1.54, 1.807) is 14.0 Å². The molecule has 1 aliphatic rings. The van der Waals surface area contributed by atoms with Crippen molar-refractivity contribution in [3.8, 4) is 0 Å². The van der Waals surface area contributed by atoms with E-state index in [1.807, 2.05) is 13.8 Å². The monoisotopic (exact) mass is 258 g/mol. The van der Waals surface area contributed by atoms with E-state index >= 15 is 0 Å². The van der Waals surface area contributed by atoms with Gasteiger partial charge in [-0.1, -0.05) is 0 Å².